The van der Waals surface area contributed by atoms with Crippen LogP contribution in [0.5, 0.6) is 0 Å². The lowest BCUT2D eigenvalue weighted by Crippen LogP contribution is -2.30. The summed E-state index contributed by atoms with van der Waals surface area (Å²) in [4.78, 5) is 4.43. The van der Waals surface area contributed by atoms with Crippen molar-refractivity contribution in [3.63, 3.8) is 0 Å². The average Bonchev–Trinajstić information content (AvgIpc) is 2.52. The molecule has 2 rings (SSSR count). The van der Waals surface area contributed by atoms with Gasteiger partial charge in [-0.05, 0) is 43.0 Å². The van der Waals surface area contributed by atoms with Crippen molar-refractivity contribution in [1.82, 2.24) is 10.3 Å². The van der Waals surface area contributed by atoms with Crippen molar-refractivity contribution in [2.75, 3.05) is 0 Å². The quantitative estimate of drug-likeness (QED) is 0.866. The zero-order valence-corrected chi connectivity index (χ0v) is 13.5. The fourth-order valence-corrected chi connectivity index (χ4v) is 1.87. The number of hydrogen-bond acceptors (Lipinski definition) is 2. The van der Waals surface area contributed by atoms with Crippen molar-refractivity contribution in [2.45, 2.75) is 33.4 Å². The molecule has 0 unspecified atom stereocenters. The first-order chi connectivity index (χ1) is 11.0. The lowest BCUT2D eigenvalue weighted by atomic mass is 10.1. The van der Waals surface area contributed by atoms with Crippen molar-refractivity contribution in [3.8, 4) is 11.8 Å². The normalized spacial score (nSPS) is 11.9. The molecule has 0 saturated heterocycles. The topological polar surface area (TPSA) is 24.9 Å². The predicted octanol–water partition coefficient (Wildman–Crippen LogP) is 3.89. The second-order valence-corrected chi connectivity index (χ2v) is 5.80. The van der Waals surface area contributed by atoms with Gasteiger partial charge in [0.05, 0.1) is 11.3 Å². The van der Waals surface area contributed by atoms with Gasteiger partial charge >= 0.3 is 0 Å². The summed E-state index contributed by atoms with van der Waals surface area (Å²) in [5, 5.41) is 3.40. The van der Waals surface area contributed by atoms with Crippen LogP contribution in [0.4, 0.5) is 8.78 Å². The SMILES string of the molecule is CC(C)[C@@H](C)NCc1cccc(C#Cc2ccc(F)cc2F)n1. The highest BCUT2D eigenvalue weighted by molar-refractivity contribution is 5.41. The molecule has 1 aromatic heterocycles. The number of pyridine rings is 1. The van der Waals surface area contributed by atoms with Gasteiger partial charge < -0.3 is 5.32 Å². The molecule has 0 amide bonds. The van der Waals surface area contributed by atoms with Gasteiger partial charge in [-0.25, -0.2) is 13.8 Å². The van der Waals surface area contributed by atoms with Crippen LogP contribution in [0.1, 0.15) is 37.7 Å². The van der Waals surface area contributed by atoms with Crippen LogP contribution in [0.15, 0.2) is 36.4 Å². The van der Waals surface area contributed by atoms with Crippen molar-refractivity contribution < 1.29 is 8.78 Å². The van der Waals surface area contributed by atoms with Crippen LogP contribution in [-0.2, 0) is 6.54 Å². The molecular weight excluding hydrogens is 294 g/mol. The Bertz CT molecular complexity index is 730. The summed E-state index contributed by atoms with van der Waals surface area (Å²) in [5.41, 5.74) is 1.60. The van der Waals surface area contributed by atoms with Gasteiger partial charge in [-0.1, -0.05) is 25.8 Å². The molecule has 23 heavy (non-hydrogen) atoms. The van der Waals surface area contributed by atoms with Gasteiger partial charge in [0.15, 0.2) is 0 Å². The second-order valence-electron chi connectivity index (χ2n) is 5.80. The van der Waals surface area contributed by atoms with E-state index in [9.17, 15) is 8.78 Å². The Kier molecular flexibility index (Phi) is 5.84. The van der Waals surface area contributed by atoms with Gasteiger partial charge in [-0.3, -0.25) is 0 Å². The van der Waals surface area contributed by atoms with E-state index in [0.29, 0.717) is 24.2 Å². The zero-order valence-electron chi connectivity index (χ0n) is 13.5. The van der Waals surface area contributed by atoms with Gasteiger partial charge in [0.1, 0.15) is 17.3 Å². The molecule has 120 valence electrons. The van der Waals surface area contributed by atoms with Gasteiger partial charge in [0.25, 0.3) is 0 Å². The van der Waals surface area contributed by atoms with E-state index in [4.69, 9.17) is 0 Å². The van der Waals surface area contributed by atoms with E-state index in [-0.39, 0.29) is 5.56 Å². The maximum Gasteiger partial charge on any atom is 0.141 e. The molecular formula is C19H20F2N2. The molecule has 2 nitrogen and oxygen atoms in total. The third kappa shape index (κ3) is 5.15. The van der Waals surface area contributed by atoms with Crippen LogP contribution in [-0.4, -0.2) is 11.0 Å². The molecule has 0 aliphatic carbocycles. The number of halogens is 2. The Hall–Kier alpha value is -2.25. The van der Waals surface area contributed by atoms with Crippen LogP contribution >= 0.6 is 0 Å². The highest BCUT2D eigenvalue weighted by Crippen LogP contribution is 2.08. The maximum atomic E-state index is 13.5. The molecule has 4 heteroatoms. The average molecular weight is 314 g/mol. The number of nitrogens with zero attached hydrogens (tertiary/aromatic N) is 1. The van der Waals surface area contributed by atoms with E-state index in [1.165, 1.54) is 12.1 Å². The molecule has 1 N–H and O–H groups in total. The Morgan fingerprint density at radius 1 is 1.09 bits per heavy atom. The van der Waals surface area contributed by atoms with Crippen LogP contribution in [0.2, 0.25) is 0 Å². The highest BCUT2D eigenvalue weighted by Gasteiger charge is 2.06. The van der Waals surface area contributed by atoms with E-state index in [1.54, 1.807) is 6.07 Å². The molecule has 1 aromatic carbocycles. The molecule has 0 radical (unpaired) electrons. The number of nitrogens with one attached hydrogen (secondary N) is 1. The molecule has 0 fully saturated rings. The standard InChI is InChI=1S/C19H20F2N2/c1-13(2)14(3)22-12-18-6-4-5-17(23-18)10-8-15-7-9-16(20)11-19(15)21/h4-7,9,11,13-14,22H,12H2,1-3H3/t14-/m1/s1. The van der Waals surface area contributed by atoms with Gasteiger partial charge in [0, 0.05) is 18.7 Å². The largest absolute Gasteiger partial charge is 0.308 e. The van der Waals surface area contributed by atoms with E-state index in [2.05, 4.69) is 42.9 Å². The molecule has 0 spiro atoms. The Balaban J connectivity index is 2.10. The minimum Gasteiger partial charge on any atom is -0.308 e. The zero-order chi connectivity index (χ0) is 16.8. The lowest BCUT2D eigenvalue weighted by Gasteiger charge is -2.16. The minimum absolute atomic E-state index is 0.158. The Morgan fingerprint density at radius 3 is 2.57 bits per heavy atom. The molecule has 2 aromatic rings. The summed E-state index contributed by atoms with van der Waals surface area (Å²) >= 11 is 0. The first-order valence-electron chi connectivity index (χ1n) is 7.62. The van der Waals surface area contributed by atoms with E-state index in [1.807, 2.05) is 12.1 Å². The monoisotopic (exact) mass is 314 g/mol. The van der Waals surface area contributed by atoms with Gasteiger partial charge in [-0.15, -0.1) is 0 Å². The van der Waals surface area contributed by atoms with Crippen molar-refractivity contribution in [3.05, 3.63) is 65.0 Å². The summed E-state index contributed by atoms with van der Waals surface area (Å²) in [6.07, 6.45) is 0. The van der Waals surface area contributed by atoms with E-state index in [0.717, 1.165) is 11.8 Å². The molecule has 0 bridgehead atoms. The van der Waals surface area contributed by atoms with E-state index >= 15 is 0 Å². The maximum absolute atomic E-state index is 13.5. The van der Waals surface area contributed by atoms with Gasteiger partial charge in [0.2, 0.25) is 0 Å². The molecule has 0 aliphatic rings. The predicted molar refractivity (Wildman–Crippen MR) is 87.7 cm³/mol. The van der Waals surface area contributed by atoms with Gasteiger partial charge in [-0.2, -0.15) is 0 Å². The lowest BCUT2D eigenvalue weighted by molar-refractivity contribution is 0.424. The van der Waals surface area contributed by atoms with Crippen molar-refractivity contribution in [1.29, 1.82) is 0 Å². The van der Waals surface area contributed by atoms with Crippen LogP contribution in [0.3, 0.4) is 0 Å². The summed E-state index contributed by atoms with van der Waals surface area (Å²) in [7, 11) is 0. The van der Waals surface area contributed by atoms with Crippen molar-refractivity contribution >= 4 is 0 Å². The number of hydrogen-bond donors (Lipinski definition) is 1. The summed E-state index contributed by atoms with van der Waals surface area (Å²) < 4.78 is 26.4. The second kappa shape index (κ2) is 7.85. The number of benzene rings is 1. The first-order valence-corrected chi connectivity index (χ1v) is 7.62. The highest BCUT2D eigenvalue weighted by atomic mass is 19.1. The Morgan fingerprint density at radius 2 is 1.87 bits per heavy atom. The fourth-order valence-electron chi connectivity index (χ4n) is 1.87. The van der Waals surface area contributed by atoms with Crippen LogP contribution < -0.4 is 5.32 Å². The van der Waals surface area contributed by atoms with Crippen LogP contribution in [0.25, 0.3) is 0 Å². The minimum atomic E-state index is -0.666. The number of rotatable bonds is 4. The Labute approximate surface area is 136 Å². The van der Waals surface area contributed by atoms with E-state index < -0.39 is 11.6 Å². The summed E-state index contributed by atoms with van der Waals surface area (Å²) in [5.74, 6) is 4.78. The summed E-state index contributed by atoms with van der Waals surface area (Å²) in [6.45, 7) is 7.10. The summed E-state index contributed by atoms with van der Waals surface area (Å²) in [6, 6.07) is 9.29. The third-order valence-electron chi connectivity index (χ3n) is 3.67. The fraction of sp³-hybridized carbons (Fsp3) is 0.316. The molecule has 1 atom stereocenters. The smallest absolute Gasteiger partial charge is 0.141 e. The first kappa shape index (κ1) is 17.1. The molecule has 0 saturated carbocycles. The molecule has 1 heterocycles. The molecule has 0 aliphatic heterocycles. The van der Waals surface area contributed by atoms with Crippen molar-refractivity contribution in [2.24, 2.45) is 5.92 Å². The number of aromatic nitrogens is 1. The van der Waals surface area contributed by atoms with Crippen LogP contribution in [0, 0.1) is 29.4 Å². The third-order valence-corrected chi connectivity index (χ3v) is 3.67.